The third-order valence-electron chi connectivity index (χ3n) is 5.09. The van der Waals surface area contributed by atoms with Gasteiger partial charge in [-0.15, -0.1) is 0 Å². The van der Waals surface area contributed by atoms with Gasteiger partial charge in [0.2, 0.25) is 0 Å². The monoisotopic (exact) mass is 381 g/mol. The molecule has 1 aliphatic rings. The van der Waals surface area contributed by atoms with Gasteiger partial charge in [-0.3, -0.25) is 0 Å². The molecule has 1 aliphatic heterocycles. The molecule has 1 N–H and O–H groups in total. The Morgan fingerprint density at radius 3 is 2.32 bits per heavy atom. The Kier molecular flexibility index (Phi) is 6.17. The van der Waals surface area contributed by atoms with Gasteiger partial charge >= 0.3 is 6.03 Å². The molecular weight excluding hydrogens is 350 g/mol. The van der Waals surface area contributed by atoms with Crippen LogP contribution < -0.4 is 10.2 Å². The van der Waals surface area contributed by atoms with Crippen molar-refractivity contribution < 1.29 is 4.79 Å². The number of para-hydroxylation sites is 1. The van der Waals surface area contributed by atoms with E-state index in [1.807, 2.05) is 36.1 Å². The van der Waals surface area contributed by atoms with Crippen molar-refractivity contribution in [2.24, 2.45) is 0 Å². The Morgan fingerprint density at radius 1 is 1.00 bits per heavy atom. The van der Waals surface area contributed by atoms with Crippen LogP contribution in [-0.2, 0) is 0 Å². The maximum atomic E-state index is 12.8. The number of piperazine rings is 1. The Hall–Kier alpha value is -2.63. The predicted molar refractivity (Wildman–Crippen MR) is 114 cm³/mol. The number of nitrogens with one attached hydrogen (secondary N) is 1. The molecule has 150 valence electrons. The summed E-state index contributed by atoms with van der Waals surface area (Å²) in [6, 6.07) is 10.0. The van der Waals surface area contributed by atoms with Gasteiger partial charge in [0.15, 0.2) is 0 Å². The van der Waals surface area contributed by atoms with E-state index in [2.05, 4.69) is 49.0 Å². The highest BCUT2D eigenvalue weighted by Crippen LogP contribution is 2.24. The summed E-state index contributed by atoms with van der Waals surface area (Å²) in [7, 11) is 0. The molecule has 0 aliphatic carbocycles. The van der Waals surface area contributed by atoms with Gasteiger partial charge in [-0.25, -0.2) is 14.8 Å². The largest absolute Gasteiger partial charge is 0.353 e. The number of hydrogen-bond acceptors (Lipinski definition) is 4. The van der Waals surface area contributed by atoms with Crippen LogP contribution in [-0.4, -0.2) is 47.1 Å². The van der Waals surface area contributed by atoms with Crippen LogP contribution in [0.15, 0.2) is 30.3 Å². The molecule has 1 fully saturated rings. The van der Waals surface area contributed by atoms with Gasteiger partial charge in [0.05, 0.1) is 0 Å². The van der Waals surface area contributed by atoms with E-state index < -0.39 is 0 Å². The van der Waals surface area contributed by atoms with Gasteiger partial charge in [-0.1, -0.05) is 45.9 Å². The molecule has 2 amide bonds. The van der Waals surface area contributed by atoms with Crippen molar-refractivity contribution in [1.82, 2.24) is 14.9 Å². The maximum Gasteiger partial charge on any atom is 0.321 e. The molecule has 1 aromatic heterocycles. The average Bonchev–Trinajstić information content (AvgIpc) is 2.67. The lowest BCUT2D eigenvalue weighted by atomic mass is 10.0. The van der Waals surface area contributed by atoms with Crippen LogP contribution in [0.4, 0.5) is 16.3 Å². The number of carbonyl (C=O) groups is 1. The first-order chi connectivity index (χ1) is 13.3. The van der Waals surface area contributed by atoms with Crippen LogP contribution in [0.25, 0.3) is 0 Å². The summed E-state index contributed by atoms with van der Waals surface area (Å²) in [5.41, 5.74) is 3.05. The van der Waals surface area contributed by atoms with E-state index in [1.54, 1.807) is 0 Å². The number of amides is 2. The van der Waals surface area contributed by atoms with Crippen molar-refractivity contribution in [1.29, 1.82) is 0 Å². The van der Waals surface area contributed by atoms with E-state index in [4.69, 9.17) is 4.98 Å². The zero-order valence-corrected chi connectivity index (χ0v) is 17.6. The molecule has 0 spiro atoms. The first-order valence-corrected chi connectivity index (χ1v) is 10.1. The van der Waals surface area contributed by atoms with Gasteiger partial charge in [0, 0.05) is 49.5 Å². The van der Waals surface area contributed by atoms with Crippen molar-refractivity contribution in [3.8, 4) is 0 Å². The van der Waals surface area contributed by atoms with E-state index in [-0.39, 0.29) is 6.03 Å². The third-order valence-corrected chi connectivity index (χ3v) is 5.09. The summed E-state index contributed by atoms with van der Waals surface area (Å²) in [6.07, 6.45) is 0. The molecular formula is C22H31N5O. The number of hydrogen-bond donors (Lipinski definition) is 1. The summed E-state index contributed by atoms with van der Waals surface area (Å²) in [4.78, 5) is 26.1. The molecule has 2 heterocycles. The number of nitrogens with zero attached hydrogens (tertiary/aromatic N) is 4. The van der Waals surface area contributed by atoms with Crippen molar-refractivity contribution in [2.75, 3.05) is 36.4 Å². The SMILES string of the molecule is Cc1cc(N2CCN(C(=O)Nc3ccccc3C(C)C)CC2)nc(C(C)C)n1. The smallest absolute Gasteiger partial charge is 0.321 e. The Morgan fingerprint density at radius 2 is 1.68 bits per heavy atom. The number of carbonyl (C=O) groups excluding carboxylic acids is 1. The lowest BCUT2D eigenvalue weighted by Gasteiger charge is -2.35. The first-order valence-electron chi connectivity index (χ1n) is 10.1. The van der Waals surface area contributed by atoms with Crippen LogP contribution in [0.2, 0.25) is 0 Å². The number of aromatic nitrogens is 2. The van der Waals surface area contributed by atoms with Crippen molar-refractivity contribution >= 4 is 17.5 Å². The molecule has 1 aromatic carbocycles. The van der Waals surface area contributed by atoms with Gasteiger partial charge in [-0.2, -0.15) is 0 Å². The number of anilines is 2. The highest BCUT2D eigenvalue weighted by Gasteiger charge is 2.23. The lowest BCUT2D eigenvalue weighted by molar-refractivity contribution is 0.208. The van der Waals surface area contributed by atoms with Crippen LogP contribution in [0.1, 0.15) is 56.6 Å². The average molecular weight is 382 g/mol. The highest BCUT2D eigenvalue weighted by atomic mass is 16.2. The zero-order valence-electron chi connectivity index (χ0n) is 17.6. The van der Waals surface area contributed by atoms with E-state index in [0.29, 0.717) is 24.9 Å². The maximum absolute atomic E-state index is 12.8. The summed E-state index contributed by atoms with van der Waals surface area (Å²) >= 11 is 0. The summed E-state index contributed by atoms with van der Waals surface area (Å²) in [5.74, 6) is 2.50. The van der Waals surface area contributed by atoms with Gasteiger partial charge in [0.1, 0.15) is 11.6 Å². The van der Waals surface area contributed by atoms with E-state index in [0.717, 1.165) is 41.7 Å². The van der Waals surface area contributed by atoms with Crippen molar-refractivity contribution in [3.05, 3.63) is 47.4 Å². The van der Waals surface area contributed by atoms with Gasteiger partial charge < -0.3 is 15.1 Å². The van der Waals surface area contributed by atoms with E-state index >= 15 is 0 Å². The molecule has 6 nitrogen and oxygen atoms in total. The molecule has 0 unspecified atom stereocenters. The number of urea groups is 1. The molecule has 0 bridgehead atoms. The third kappa shape index (κ3) is 4.61. The van der Waals surface area contributed by atoms with Crippen LogP contribution in [0.3, 0.4) is 0 Å². The second kappa shape index (κ2) is 8.59. The number of rotatable bonds is 4. The van der Waals surface area contributed by atoms with Crippen LogP contribution in [0.5, 0.6) is 0 Å². The molecule has 0 radical (unpaired) electrons. The number of aryl methyl sites for hydroxylation is 1. The fourth-order valence-electron chi connectivity index (χ4n) is 3.44. The lowest BCUT2D eigenvalue weighted by Crippen LogP contribution is -2.50. The molecule has 0 saturated carbocycles. The van der Waals surface area contributed by atoms with Gasteiger partial charge in [0.25, 0.3) is 0 Å². The van der Waals surface area contributed by atoms with Gasteiger partial charge in [-0.05, 0) is 24.5 Å². The number of benzene rings is 1. The molecule has 2 aromatic rings. The minimum Gasteiger partial charge on any atom is -0.353 e. The standard InChI is InChI=1S/C22H31N5O/c1-15(2)18-8-6-7-9-19(18)24-22(28)27-12-10-26(11-13-27)20-14-17(5)23-21(25-20)16(3)4/h6-9,14-16H,10-13H2,1-5H3,(H,24,28). The highest BCUT2D eigenvalue weighted by molar-refractivity contribution is 5.90. The molecule has 0 atom stereocenters. The Bertz CT molecular complexity index is 825. The minimum atomic E-state index is -0.0329. The second-order valence-electron chi connectivity index (χ2n) is 8.03. The fourth-order valence-corrected chi connectivity index (χ4v) is 3.44. The van der Waals surface area contributed by atoms with E-state index in [1.165, 1.54) is 0 Å². The molecule has 6 heteroatoms. The quantitative estimate of drug-likeness (QED) is 0.853. The molecule has 3 rings (SSSR count). The van der Waals surface area contributed by atoms with Crippen molar-refractivity contribution in [2.45, 2.75) is 46.5 Å². The second-order valence-corrected chi connectivity index (χ2v) is 8.03. The minimum absolute atomic E-state index is 0.0329. The Balaban J connectivity index is 1.64. The van der Waals surface area contributed by atoms with Crippen molar-refractivity contribution in [3.63, 3.8) is 0 Å². The Labute approximate surface area is 168 Å². The summed E-state index contributed by atoms with van der Waals surface area (Å²) in [6.45, 7) is 13.4. The topological polar surface area (TPSA) is 61.4 Å². The predicted octanol–water partition coefficient (Wildman–Crippen LogP) is 4.39. The fraction of sp³-hybridized carbons (Fsp3) is 0.500. The normalized spacial score (nSPS) is 14.7. The van der Waals surface area contributed by atoms with E-state index in [9.17, 15) is 4.79 Å². The molecule has 1 saturated heterocycles. The first kappa shape index (κ1) is 20.1. The summed E-state index contributed by atoms with van der Waals surface area (Å²) in [5, 5.41) is 3.09. The zero-order chi connectivity index (χ0) is 20.3. The molecule has 28 heavy (non-hydrogen) atoms. The van der Waals surface area contributed by atoms with Crippen LogP contribution in [0, 0.1) is 6.92 Å². The summed E-state index contributed by atoms with van der Waals surface area (Å²) < 4.78 is 0. The van der Waals surface area contributed by atoms with Crippen LogP contribution >= 0.6 is 0 Å².